The van der Waals surface area contributed by atoms with E-state index in [-0.39, 0.29) is 18.6 Å². The Balaban J connectivity index is 1.55. The number of amides is 1. The van der Waals surface area contributed by atoms with Crippen molar-refractivity contribution in [2.45, 2.75) is 32.0 Å². The first-order valence-corrected chi connectivity index (χ1v) is 9.66. The highest BCUT2D eigenvalue weighted by Crippen LogP contribution is 2.22. The van der Waals surface area contributed by atoms with E-state index in [2.05, 4.69) is 4.98 Å². The van der Waals surface area contributed by atoms with E-state index in [1.54, 1.807) is 13.4 Å². The molecular weight excluding hydrogens is 354 g/mol. The zero-order chi connectivity index (χ0) is 19.3. The molecule has 2 heterocycles. The van der Waals surface area contributed by atoms with Gasteiger partial charge in [0.25, 0.3) is 0 Å². The summed E-state index contributed by atoms with van der Waals surface area (Å²) in [6.45, 7) is 2.11. The molecule has 1 unspecified atom stereocenters. The number of aromatic nitrogens is 2. The van der Waals surface area contributed by atoms with Crippen LogP contribution in [0.15, 0.2) is 54.9 Å². The third-order valence-electron chi connectivity index (χ3n) is 5.19. The van der Waals surface area contributed by atoms with Crippen molar-refractivity contribution in [1.82, 2.24) is 14.5 Å². The number of imidazole rings is 1. The molecule has 0 bridgehead atoms. The number of fused-ring (bicyclic) bond motifs is 1. The molecule has 0 aliphatic carbocycles. The fraction of sp³-hybridized carbons (Fsp3) is 0.364. The Bertz CT molecular complexity index is 947. The lowest BCUT2D eigenvalue weighted by atomic mass is 10.1. The number of benzene rings is 2. The molecule has 1 aliphatic heterocycles. The maximum atomic E-state index is 13.2. The van der Waals surface area contributed by atoms with Gasteiger partial charge in [0.15, 0.2) is 0 Å². The lowest BCUT2D eigenvalue weighted by Gasteiger charge is -2.26. The number of methoxy groups -OCH3 is 1. The third-order valence-corrected chi connectivity index (χ3v) is 5.19. The summed E-state index contributed by atoms with van der Waals surface area (Å²) in [5.41, 5.74) is 2.85. The summed E-state index contributed by atoms with van der Waals surface area (Å²) in [5.74, 6) is 0.838. The molecule has 1 aliphatic rings. The lowest BCUT2D eigenvalue weighted by molar-refractivity contribution is -0.134. The Labute approximate surface area is 164 Å². The molecule has 1 aromatic heterocycles. The molecule has 6 heteroatoms. The predicted octanol–water partition coefficient (Wildman–Crippen LogP) is 3.25. The number of hydrogen-bond acceptors (Lipinski definition) is 4. The number of hydrogen-bond donors (Lipinski definition) is 0. The average molecular weight is 379 g/mol. The fourth-order valence-corrected chi connectivity index (χ4v) is 3.71. The highest BCUT2D eigenvalue weighted by molar-refractivity contribution is 5.80. The molecular formula is C22H25N3O3. The molecule has 4 rings (SSSR count). The summed E-state index contributed by atoms with van der Waals surface area (Å²) in [7, 11) is 1.66. The van der Waals surface area contributed by atoms with Crippen LogP contribution in [0.1, 0.15) is 18.4 Å². The second-order valence-electron chi connectivity index (χ2n) is 7.08. The zero-order valence-electron chi connectivity index (χ0n) is 16.1. The molecule has 146 valence electrons. The van der Waals surface area contributed by atoms with Crippen LogP contribution in [0, 0.1) is 0 Å². The molecule has 0 saturated carbocycles. The van der Waals surface area contributed by atoms with Gasteiger partial charge in [-0.25, -0.2) is 4.98 Å². The molecule has 2 aromatic carbocycles. The van der Waals surface area contributed by atoms with Gasteiger partial charge in [-0.2, -0.15) is 0 Å². The highest BCUT2D eigenvalue weighted by atomic mass is 16.5. The van der Waals surface area contributed by atoms with Gasteiger partial charge in [0.1, 0.15) is 12.3 Å². The van der Waals surface area contributed by atoms with Gasteiger partial charge in [-0.3, -0.25) is 4.79 Å². The van der Waals surface area contributed by atoms with E-state index in [0.29, 0.717) is 13.1 Å². The second-order valence-corrected chi connectivity index (χ2v) is 7.08. The maximum absolute atomic E-state index is 13.2. The van der Waals surface area contributed by atoms with Crippen LogP contribution in [-0.4, -0.2) is 46.7 Å². The van der Waals surface area contributed by atoms with Crippen LogP contribution in [0.4, 0.5) is 0 Å². The number of carbonyl (C=O) groups excluding carboxylic acids is 1. The largest absolute Gasteiger partial charge is 0.496 e. The zero-order valence-corrected chi connectivity index (χ0v) is 16.1. The summed E-state index contributed by atoms with van der Waals surface area (Å²) in [6, 6.07) is 15.7. The number of nitrogens with zero attached hydrogens (tertiary/aromatic N) is 3. The van der Waals surface area contributed by atoms with Gasteiger partial charge in [-0.15, -0.1) is 0 Å². The Morgan fingerprint density at radius 2 is 2.07 bits per heavy atom. The molecule has 1 atom stereocenters. The van der Waals surface area contributed by atoms with Crippen LogP contribution >= 0.6 is 0 Å². The molecule has 1 amide bonds. The van der Waals surface area contributed by atoms with E-state index >= 15 is 0 Å². The first-order chi connectivity index (χ1) is 13.7. The van der Waals surface area contributed by atoms with Crippen LogP contribution in [0.2, 0.25) is 0 Å². The van der Waals surface area contributed by atoms with Gasteiger partial charge >= 0.3 is 0 Å². The van der Waals surface area contributed by atoms with E-state index < -0.39 is 0 Å². The Kier molecular flexibility index (Phi) is 5.58. The Hall–Kier alpha value is -2.86. The van der Waals surface area contributed by atoms with Crippen LogP contribution in [0.25, 0.3) is 11.0 Å². The van der Waals surface area contributed by atoms with Crippen molar-refractivity contribution in [2.24, 2.45) is 0 Å². The first-order valence-electron chi connectivity index (χ1n) is 9.66. The van der Waals surface area contributed by atoms with E-state index in [4.69, 9.17) is 9.47 Å². The van der Waals surface area contributed by atoms with Crippen molar-refractivity contribution in [1.29, 1.82) is 0 Å². The topological polar surface area (TPSA) is 56.6 Å². The van der Waals surface area contributed by atoms with Crippen molar-refractivity contribution in [3.63, 3.8) is 0 Å². The maximum Gasteiger partial charge on any atom is 0.242 e. The van der Waals surface area contributed by atoms with Crippen LogP contribution in [0.3, 0.4) is 0 Å². The van der Waals surface area contributed by atoms with Gasteiger partial charge in [0, 0.05) is 25.3 Å². The molecule has 0 spiro atoms. The van der Waals surface area contributed by atoms with E-state index in [0.717, 1.165) is 41.8 Å². The van der Waals surface area contributed by atoms with Crippen molar-refractivity contribution in [3.05, 3.63) is 60.4 Å². The standard InChI is InChI=1S/C22H25N3O3/c1-27-21-11-5-2-7-17(21)13-24(14-18-8-6-12-28-18)22(26)15-25-16-23-19-9-3-4-10-20(19)25/h2-5,7,9-11,16,18H,6,8,12-15H2,1H3. The summed E-state index contributed by atoms with van der Waals surface area (Å²) < 4.78 is 13.2. The number of rotatable bonds is 7. The van der Waals surface area contributed by atoms with Gasteiger partial charge in [-0.1, -0.05) is 30.3 Å². The van der Waals surface area contributed by atoms with Gasteiger partial charge < -0.3 is 18.9 Å². The van der Waals surface area contributed by atoms with Crippen LogP contribution < -0.4 is 4.74 Å². The van der Waals surface area contributed by atoms with Crippen molar-refractivity contribution in [3.8, 4) is 5.75 Å². The molecule has 1 saturated heterocycles. The molecule has 0 radical (unpaired) electrons. The second kappa shape index (κ2) is 8.44. The first kappa shape index (κ1) is 18.5. The summed E-state index contributed by atoms with van der Waals surface area (Å²) in [6.07, 6.45) is 3.87. The fourth-order valence-electron chi connectivity index (χ4n) is 3.71. The van der Waals surface area contributed by atoms with E-state index in [1.165, 1.54) is 0 Å². The lowest BCUT2D eigenvalue weighted by Crippen LogP contribution is -2.38. The van der Waals surface area contributed by atoms with Crippen molar-refractivity contribution >= 4 is 16.9 Å². The number of ether oxygens (including phenoxy) is 2. The third kappa shape index (κ3) is 4.02. The predicted molar refractivity (Wildman–Crippen MR) is 107 cm³/mol. The SMILES string of the molecule is COc1ccccc1CN(CC1CCCO1)C(=O)Cn1cnc2ccccc21. The monoisotopic (exact) mass is 379 g/mol. The normalized spacial score (nSPS) is 16.4. The van der Waals surface area contributed by atoms with Crippen molar-refractivity contribution < 1.29 is 14.3 Å². The molecule has 6 nitrogen and oxygen atoms in total. The molecule has 1 fully saturated rings. The number of para-hydroxylation sites is 3. The quantitative estimate of drug-likeness (QED) is 0.632. The summed E-state index contributed by atoms with van der Waals surface area (Å²) in [4.78, 5) is 19.5. The van der Waals surface area contributed by atoms with Crippen molar-refractivity contribution in [2.75, 3.05) is 20.3 Å². The highest BCUT2D eigenvalue weighted by Gasteiger charge is 2.24. The molecule has 3 aromatic rings. The number of carbonyl (C=O) groups is 1. The minimum absolute atomic E-state index is 0.0459. The van der Waals surface area contributed by atoms with Gasteiger partial charge in [0.2, 0.25) is 5.91 Å². The van der Waals surface area contributed by atoms with Gasteiger partial charge in [0.05, 0.1) is 30.6 Å². The molecule has 0 N–H and O–H groups in total. The average Bonchev–Trinajstić information content (AvgIpc) is 3.38. The molecule has 28 heavy (non-hydrogen) atoms. The van der Waals surface area contributed by atoms with E-state index in [9.17, 15) is 4.79 Å². The van der Waals surface area contributed by atoms with Crippen LogP contribution in [0.5, 0.6) is 5.75 Å². The Morgan fingerprint density at radius 3 is 2.89 bits per heavy atom. The Morgan fingerprint density at radius 1 is 1.25 bits per heavy atom. The van der Waals surface area contributed by atoms with Crippen LogP contribution in [-0.2, 0) is 22.6 Å². The smallest absolute Gasteiger partial charge is 0.242 e. The van der Waals surface area contributed by atoms with E-state index in [1.807, 2.05) is 58.0 Å². The van der Waals surface area contributed by atoms with Gasteiger partial charge in [-0.05, 0) is 31.0 Å². The summed E-state index contributed by atoms with van der Waals surface area (Å²) in [5, 5.41) is 0. The minimum Gasteiger partial charge on any atom is -0.496 e. The summed E-state index contributed by atoms with van der Waals surface area (Å²) >= 11 is 0. The minimum atomic E-state index is 0.0459.